The van der Waals surface area contributed by atoms with Crippen molar-refractivity contribution in [3.63, 3.8) is 0 Å². The number of hydrogen-bond donors (Lipinski definition) is 1. The summed E-state index contributed by atoms with van der Waals surface area (Å²) in [4.78, 5) is 0. The zero-order chi connectivity index (χ0) is 13.4. The molecule has 18 heavy (non-hydrogen) atoms. The Morgan fingerprint density at radius 3 is 2.56 bits per heavy atom. The maximum atomic E-state index is 5.73. The number of rotatable bonds is 5. The number of nitrogens with zero attached hydrogens (tertiary/aromatic N) is 2. The van der Waals surface area contributed by atoms with Crippen LogP contribution in [-0.4, -0.2) is 22.3 Å². The fraction of sp³-hybridized carbons (Fsp3) is 0.857. The maximum absolute atomic E-state index is 5.73. The zero-order valence-corrected chi connectivity index (χ0v) is 12.2. The first kappa shape index (κ1) is 13.5. The summed E-state index contributed by atoms with van der Waals surface area (Å²) in [6.07, 6.45) is 3.07. The van der Waals surface area contributed by atoms with Crippen molar-refractivity contribution >= 4 is 0 Å². The van der Waals surface area contributed by atoms with Gasteiger partial charge in [-0.05, 0) is 45.6 Å². The number of aryl methyl sites for hydroxylation is 1. The van der Waals surface area contributed by atoms with Crippen LogP contribution in [0.2, 0.25) is 0 Å². The SMILES string of the molecule is CC(C)(C)NCCCc1nnc(C2CC2(C)C)o1. The van der Waals surface area contributed by atoms with Crippen molar-refractivity contribution in [1.29, 1.82) is 0 Å². The Kier molecular flexibility index (Phi) is 3.49. The molecule has 1 heterocycles. The molecule has 1 aliphatic rings. The molecule has 1 fully saturated rings. The third kappa shape index (κ3) is 3.55. The normalized spacial score (nSPS) is 22.2. The molecular weight excluding hydrogens is 226 g/mol. The Bertz CT molecular complexity index is 403. The monoisotopic (exact) mass is 251 g/mol. The molecule has 1 aromatic heterocycles. The van der Waals surface area contributed by atoms with E-state index in [9.17, 15) is 0 Å². The highest BCUT2D eigenvalue weighted by atomic mass is 16.4. The van der Waals surface area contributed by atoms with Gasteiger partial charge in [0.05, 0.1) is 0 Å². The summed E-state index contributed by atoms with van der Waals surface area (Å²) in [6.45, 7) is 12.0. The molecule has 0 spiro atoms. The Labute approximate surface area is 110 Å². The minimum absolute atomic E-state index is 0.179. The van der Waals surface area contributed by atoms with Gasteiger partial charge < -0.3 is 9.73 Å². The number of nitrogens with one attached hydrogen (secondary N) is 1. The van der Waals surface area contributed by atoms with Crippen LogP contribution in [0.3, 0.4) is 0 Å². The summed E-state index contributed by atoms with van der Waals surface area (Å²) in [5, 5.41) is 11.8. The number of hydrogen-bond acceptors (Lipinski definition) is 4. The van der Waals surface area contributed by atoms with E-state index < -0.39 is 0 Å². The lowest BCUT2D eigenvalue weighted by Crippen LogP contribution is -2.36. The van der Waals surface area contributed by atoms with E-state index >= 15 is 0 Å². The smallest absolute Gasteiger partial charge is 0.220 e. The van der Waals surface area contributed by atoms with Crippen molar-refractivity contribution in [2.75, 3.05) is 6.54 Å². The van der Waals surface area contributed by atoms with Gasteiger partial charge >= 0.3 is 0 Å². The summed E-state index contributed by atoms with van der Waals surface area (Å²) < 4.78 is 5.73. The van der Waals surface area contributed by atoms with Gasteiger partial charge in [0, 0.05) is 17.9 Å². The molecule has 4 nitrogen and oxygen atoms in total. The molecular formula is C14H25N3O. The van der Waals surface area contributed by atoms with Crippen LogP contribution in [-0.2, 0) is 6.42 Å². The van der Waals surface area contributed by atoms with Gasteiger partial charge in [-0.1, -0.05) is 13.8 Å². The minimum atomic E-state index is 0.179. The second kappa shape index (κ2) is 4.65. The van der Waals surface area contributed by atoms with E-state index in [0.717, 1.165) is 31.2 Å². The first-order valence-electron chi connectivity index (χ1n) is 6.85. The molecule has 2 rings (SSSR count). The first-order chi connectivity index (χ1) is 8.28. The Balaban J connectivity index is 1.74. The highest BCUT2D eigenvalue weighted by molar-refractivity contribution is 5.12. The van der Waals surface area contributed by atoms with Gasteiger partial charge in [0.15, 0.2) is 0 Å². The molecule has 1 saturated carbocycles. The summed E-state index contributed by atoms with van der Waals surface area (Å²) in [5.41, 5.74) is 0.537. The second-order valence-electron chi connectivity index (χ2n) is 7.06. The predicted molar refractivity (Wildman–Crippen MR) is 71.5 cm³/mol. The molecule has 0 aromatic carbocycles. The van der Waals surface area contributed by atoms with Gasteiger partial charge in [-0.25, -0.2) is 0 Å². The standard InChI is InChI=1S/C14H25N3O/c1-13(2,3)15-8-6-7-11-16-17-12(18-11)10-9-14(10,4)5/h10,15H,6-9H2,1-5H3. The topological polar surface area (TPSA) is 51.0 Å². The molecule has 0 amide bonds. The van der Waals surface area contributed by atoms with Crippen molar-refractivity contribution in [1.82, 2.24) is 15.5 Å². The van der Waals surface area contributed by atoms with Gasteiger partial charge in [-0.2, -0.15) is 0 Å². The van der Waals surface area contributed by atoms with Crippen LogP contribution in [0.4, 0.5) is 0 Å². The van der Waals surface area contributed by atoms with Gasteiger partial charge in [0.2, 0.25) is 11.8 Å². The molecule has 1 atom stereocenters. The third-order valence-corrected chi connectivity index (χ3v) is 3.52. The summed E-state index contributed by atoms with van der Waals surface area (Å²) >= 11 is 0. The van der Waals surface area contributed by atoms with Crippen LogP contribution >= 0.6 is 0 Å². The molecule has 0 radical (unpaired) electrons. The fourth-order valence-electron chi connectivity index (χ4n) is 2.10. The molecule has 1 N–H and O–H groups in total. The molecule has 0 bridgehead atoms. The first-order valence-corrected chi connectivity index (χ1v) is 6.85. The van der Waals surface area contributed by atoms with Crippen molar-refractivity contribution in [3.8, 4) is 0 Å². The average molecular weight is 251 g/mol. The molecule has 4 heteroatoms. The van der Waals surface area contributed by atoms with Crippen molar-refractivity contribution < 1.29 is 4.42 Å². The van der Waals surface area contributed by atoms with Crippen LogP contribution in [0, 0.1) is 5.41 Å². The van der Waals surface area contributed by atoms with Crippen molar-refractivity contribution in [2.45, 2.75) is 65.3 Å². The van der Waals surface area contributed by atoms with Crippen LogP contribution in [0.15, 0.2) is 4.42 Å². The lowest BCUT2D eigenvalue weighted by molar-refractivity contribution is 0.401. The van der Waals surface area contributed by atoms with Crippen LogP contribution in [0.1, 0.15) is 65.2 Å². The molecule has 0 aliphatic heterocycles. The van der Waals surface area contributed by atoms with E-state index in [1.165, 1.54) is 6.42 Å². The Morgan fingerprint density at radius 1 is 1.33 bits per heavy atom. The maximum Gasteiger partial charge on any atom is 0.220 e. The van der Waals surface area contributed by atoms with Crippen LogP contribution in [0.25, 0.3) is 0 Å². The van der Waals surface area contributed by atoms with E-state index in [1.54, 1.807) is 0 Å². The fourth-order valence-corrected chi connectivity index (χ4v) is 2.10. The van der Waals surface area contributed by atoms with Gasteiger partial charge in [-0.3, -0.25) is 0 Å². The molecule has 1 unspecified atom stereocenters. The lowest BCUT2D eigenvalue weighted by Gasteiger charge is -2.19. The van der Waals surface area contributed by atoms with E-state index in [0.29, 0.717) is 11.3 Å². The lowest BCUT2D eigenvalue weighted by atomic mass is 10.1. The molecule has 102 valence electrons. The molecule has 0 saturated heterocycles. The zero-order valence-electron chi connectivity index (χ0n) is 12.2. The summed E-state index contributed by atoms with van der Waals surface area (Å²) in [5.74, 6) is 2.09. The van der Waals surface area contributed by atoms with Gasteiger partial charge in [0.25, 0.3) is 0 Å². The van der Waals surface area contributed by atoms with Gasteiger partial charge in [-0.15, -0.1) is 10.2 Å². The van der Waals surface area contributed by atoms with Crippen molar-refractivity contribution in [2.24, 2.45) is 5.41 Å². The van der Waals surface area contributed by atoms with E-state index in [1.807, 2.05) is 0 Å². The quantitative estimate of drug-likeness (QED) is 0.818. The average Bonchev–Trinajstić information content (AvgIpc) is 2.70. The van der Waals surface area contributed by atoms with Gasteiger partial charge in [0.1, 0.15) is 0 Å². The molecule has 1 aliphatic carbocycles. The van der Waals surface area contributed by atoms with Crippen LogP contribution < -0.4 is 5.32 Å². The molecule has 1 aromatic rings. The predicted octanol–water partition coefficient (Wildman–Crippen LogP) is 2.90. The minimum Gasteiger partial charge on any atom is -0.425 e. The Hall–Kier alpha value is -0.900. The highest BCUT2D eigenvalue weighted by Gasteiger charge is 2.50. The van der Waals surface area contributed by atoms with Crippen molar-refractivity contribution in [3.05, 3.63) is 11.8 Å². The van der Waals surface area contributed by atoms with E-state index in [-0.39, 0.29) is 5.54 Å². The highest BCUT2D eigenvalue weighted by Crippen LogP contribution is 2.58. The van der Waals surface area contributed by atoms with E-state index in [4.69, 9.17) is 4.42 Å². The Morgan fingerprint density at radius 2 is 2.00 bits per heavy atom. The second-order valence-corrected chi connectivity index (χ2v) is 7.06. The summed E-state index contributed by atoms with van der Waals surface area (Å²) in [7, 11) is 0. The largest absolute Gasteiger partial charge is 0.425 e. The van der Waals surface area contributed by atoms with Crippen LogP contribution in [0.5, 0.6) is 0 Å². The third-order valence-electron chi connectivity index (χ3n) is 3.52. The summed E-state index contributed by atoms with van der Waals surface area (Å²) in [6, 6.07) is 0. The van der Waals surface area contributed by atoms with E-state index in [2.05, 4.69) is 50.1 Å². The number of aromatic nitrogens is 2.